The molecule has 1 aliphatic heterocycles. The van der Waals surface area contributed by atoms with Crippen molar-refractivity contribution in [1.82, 2.24) is 9.47 Å². The van der Waals surface area contributed by atoms with Crippen LogP contribution in [0.15, 0.2) is 12.1 Å². The highest BCUT2D eigenvalue weighted by atomic mass is 16.6. The van der Waals surface area contributed by atoms with Gasteiger partial charge in [0.15, 0.2) is 11.8 Å². The first-order valence-corrected chi connectivity index (χ1v) is 7.33. The maximum Gasteiger partial charge on any atom is 0.329 e. The highest BCUT2D eigenvalue weighted by Gasteiger charge is 2.32. The largest absolute Gasteiger partial charge is 0.494 e. The van der Waals surface area contributed by atoms with E-state index in [1.807, 2.05) is 20.8 Å². The minimum absolute atomic E-state index is 0.0445. The Labute approximate surface area is 130 Å². The normalized spacial score (nSPS) is 18.0. The van der Waals surface area contributed by atoms with Crippen LogP contribution in [0.2, 0.25) is 0 Å². The molecule has 6 heteroatoms. The summed E-state index contributed by atoms with van der Waals surface area (Å²) in [7, 11) is 0. The molecule has 1 atom stereocenters. The Morgan fingerprint density at radius 2 is 2.00 bits per heavy atom. The molecule has 0 aromatic carbocycles. The third kappa shape index (κ3) is 3.88. The van der Waals surface area contributed by atoms with Gasteiger partial charge in [-0.2, -0.15) is 0 Å². The average molecular weight is 306 g/mol. The third-order valence-electron chi connectivity index (χ3n) is 3.33. The molecule has 22 heavy (non-hydrogen) atoms. The molecule has 0 aliphatic carbocycles. The number of carbonyl (C=O) groups is 1. The standard InChI is InChI=1S/C16H22N2O4/c1-16(2,3)22-15(21)12-6-4-9-17(12)10-5-11-18-13(19)7-8-14(18)20/h7-8,12,19-20H,4,6,9,11H2,1-3H3. The first kappa shape index (κ1) is 16.1. The molecule has 0 saturated carbocycles. The first-order chi connectivity index (χ1) is 10.3. The van der Waals surface area contributed by atoms with Gasteiger partial charge in [0, 0.05) is 24.7 Å². The van der Waals surface area contributed by atoms with E-state index in [0.717, 1.165) is 12.8 Å². The fourth-order valence-corrected chi connectivity index (χ4v) is 2.34. The Morgan fingerprint density at radius 3 is 2.59 bits per heavy atom. The SMILES string of the molecule is CC(C)(C)OC(=O)C1CCCN1C#CCn1c(O)ccc1O. The minimum Gasteiger partial charge on any atom is -0.494 e. The van der Waals surface area contributed by atoms with E-state index in [1.165, 1.54) is 16.7 Å². The van der Waals surface area contributed by atoms with Gasteiger partial charge in [-0.1, -0.05) is 5.92 Å². The van der Waals surface area contributed by atoms with Crippen molar-refractivity contribution in [2.24, 2.45) is 0 Å². The molecule has 1 saturated heterocycles. The molecular formula is C16H22N2O4. The lowest BCUT2D eigenvalue weighted by atomic mass is 10.1. The fraction of sp³-hybridized carbons (Fsp3) is 0.562. The van der Waals surface area contributed by atoms with Gasteiger partial charge in [0.2, 0.25) is 0 Å². The molecule has 1 aliphatic rings. The minimum atomic E-state index is -0.512. The van der Waals surface area contributed by atoms with Crippen LogP contribution in [0, 0.1) is 12.0 Å². The quantitative estimate of drug-likeness (QED) is 0.642. The molecule has 0 amide bonds. The van der Waals surface area contributed by atoms with Gasteiger partial charge in [0.25, 0.3) is 0 Å². The van der Waals surface area contributed by atoms with Gasteiger partial charge >= 0.3 is 5.97 Å². The maximum absolute atomic E-state index is 12.2. The van der Waals surface area contributed by atoms with E-state index in [2.05, 4.69) is 12.0 Å². The summed E-state index contributed by atoms with van der Waals surface area (Å²) in [5.41, 5.74) is -0.512. The Morgan fingerprint density at radius 1 is 1.36 bits per heavy atom. The monoisotopic (exact) mass is 306 g/mol. The molecular weight excluding hydrogens is 284 g/mol. The molecule has 2 rings (SSSR count). The number of aromatic hydroxyl groups is 2. The van der Waals surface area contributed by atoms with Crippen LogP contribution < -0.4 is 0 Å². The van der Waals surface area contributed by atoms with Gasteiger partial charge in [-0.15, -0.1) is 0 Å². The summed E-state index contributed by atoms with van der Waals surface area (Å²) < 4.78 is 6.69. The van der Waals surface area contributed by atoms with Gasteiger partial charge in [0.1, 0.15) is 11.6 Å². The lowest BCUT2D eigenvalue weighted by Gasteiger charge is -2.25. The van der Waals surface area contributed by atoms with Crippen LogP contribution >= 0.6 is 0 Å². The Bertz CT molecular complexity index is 584. The molecule has 1 aromatic rings. The van der Waals surface area contributed by atoms with Crippen molar-refractivity contribution in [3.05, 3.63) is 12.1 Å². The number of nitrogens with zero attached hydrogens (tertiary/aromatic N) is 2. The molecule has 2 N–H and O–H groups in total. The second-order valence-corrected chi connectivity index (χ2v) is 6.31. The zero-order chi connectivity index (χ0) is 16.3. The van der Waals surface area contributed by atoms with E-state index in [0.29, 0.717) is 6.54 Å². The zero-order valence-corrected chi connectivity index (χ0v) is 13.2. The van der Waals surface area contributed by atoms with Crippen LogP contribution in [0.5, 0.6) is 11.8 Å². The van der Waals surface area contributed by atoms with Crippen molar-refractivity contribution in [3.63, 3.8) is 0 Å². The first-order valence-electron chi connectivity index (χ1n) is 7.33. The third-order valence-corrected chi connectivity index (χ3v) is 3.33. The van der Waals surface area contributed by atoms with Crippen LogP contribution in [0.25, 0.3) is 0 Å². The molecule has 2 heterocycles. The number of esters is 1. The van der Waals surface area contributed by atoms with Crippen LogP contribution in [0.1, 0.15) is 33.6 Å². The summed E-state index contributed by atoms with van der Waals surface area (Å²) in [6, 6.07) is 5.38. The van der Waals surface area contributed by atoms with E-state index in [4.69, 9.17) is 4.74 Å². The molecule has 1 aromatic heterocycles. The van der Waals surface area contributed by atoms with Crippen molar-refractivity contribution < 1.29 is 19.7 Å². The van der Waals surface area contributed by atoms with Crippen molar-refractivity contribution in [2.45, 2.75) is 51.8 Å². The number of aromatic nitrogens is 1. The van der Waals surface area contributed by atoms with E-state index in [1.54, 1.807) is 4.90 Å². The molecule has 0 spiro atoms. The number of likely N-dealkylation sites (tertiary alicyclic amines) is 1. The van der Waals surface area contributed by atoms with E-state index in [9.17, 15) is 15.0 Å². The smallest absolute Gasteiger partial charge is 0.329 e. The number of carbonyl (C=O) groups excluding carboxylic acids is 1. The Balaban J connectivity index is 2.00. The van der Waals surface area contributed by atoms with Crippen molar-refractivity contribution in [1.29, 1.82) is 0 Å². The average Bonchev–Trinajstić information content (AvgIpc) is 2.98. The van der Waals surface area contributed by atoms with Crippen LogP contribution in [-0.4, -0.2) is 43.8 Å². The second kappa shape index (κ2) is 6.22. The number of rotatable bonds is 2. The van der Waals surface area contributed by atoms with Gasteiger partial charge in [-0.3, -0.25) is 4.57 Å². The molecule has 6 nitrogen and oxygen atoms in total. The highest BCUT2D eigenvalue weighted by Crippen LogP contribution is 2.21. The van der Waals surface area contributed by atoms with Crippen molar-refractivity contribution in [3.8, 4) is 23.7 Å². The summed E-state index contributed by atoms with van der Waals surface area (Å²) in [5.74, 6) is 2.52. The molecule has 1 unspecified atom stereocenters. The molecule has 0 bridgehead atoms. The van der Waals surface area contributed by atoms with E-state index < -0.39 is 5.60 Å². The number of hydrogen-bond donors (Lipinski definition) is 2. The predicted octanol–water partition coefficient (Wildman–Crippen LogP) is 1.67. The number of hydrogen-bond acceptors (Lipinski definition) is 5. The lowest BCUT2D eigenvalue weighted by Crippen LogP contribution is -2.38. The number of ether oxygens (including phenoxy) is 1. The topological polar surface area (TPSA) is 74.9 Å². The predicted molar refractivity (Wildman–Crippen MR) is 81.1 cm³/mol. The summed E-state index contributed by atoms with van der Waals surface area (Å²) >= 11 is 0. The van der Waals surface area contributed by atoms with Crippen LogP contribution in [-0.2, 0) is 16.1 Å². The van der Waals surface area contributed by atoms with Gasteiger partial charge in [-0.05, 0) is 33.6 Å². The van der Waals surface area contributed by atoms with E-state index in [-0.39, 0.29) is 30.3 Å². The Hall–Kier alpha value is -2.29. The van der Waals surface area contributed by atoms with Crippen molar-refractivity contribution >= 4 is 5.97 Å². The van der Waals surface area contributed by atoms with Gasteiger partial charge in [-0.25, -0.2) is 4.79 Å². The van der Waals surface area contributed by atoms with Crippen molar-refractivity contribution in [2.75, 3.05) is 6.54 Å². The second-order valence-electron chi connectivity index (χ2n) is 6.31. The Kier molecular flexibility index (Phi) is 4.55. The highest BCUT2D eigenvalue weighted by molar-refractivity contribution is 5.76. The fourth-order valence-electron chi connectivity index (χ4n) is 2.34. The maximum atomic E-state index is 12.2. The van der Waals surface area contributed by atoms with Gasteiger partial charge < -0.3 is 19.8 Å². The summed E-state index contributed by atoms with van der Waals surface area (Å²) in [5, 5.41) is 19.1. The summed E-state index contributed by atoms with van der Waals surface area (Å²) in [6.07, 6.45) is 1.61. The van der Waals surface area contributed by atoms with Crippen LogP contribution in [0.3, 0.4) is 0 Å². The molecule has 1 fully saturated rings. The lowest BCUT2D eigenvalue weighted by molar-refractivity contribution is -0.159. The van der Waals surface area contributed by atoms with Gasteiger partial charge in [0.05, 0.1) is 6.54 Å². The molecule has 0 radical (unpaired) electrons. The summed E-state index contributed by atoms with van der Waals surface area (Å²) in [4.78, 5) is 13.9. The zero-order valence-electron chi connectivity index (χ0n) is 13.2. The van der Waals surface area contributed by atoms with Crippen LogP contribution in [0.4, 0.5) is 0 Å². The van der Waals surface area contributed by atoms with E-state index >= 15 is 0 Å². The summed E-state index contributed by atoms with van der Waals surface area (Å²) in [6.45, 7) is 6.39. The molecule has 120 valence electrons.